The second-order valence-corrected chi connectivity index (χ2v) is 15.1. The Kier molecular flexibility index (Phi) is 9.99. The van der Waals surface area contributed by atoms with Crippen LogP contribution in [0.4, 0.5) is 4.79 Å². The number of methoxy groups -OCH3 is 2. The van der Waals surface area contributed by atoms with Crippen molar-refractivity contribution in [2.24, 2.45) is 5.41 Å². The molecule has 4 atom stereocenters. The predicted octanol–water partition coefficient (Wildman–Crippen LogP) is 9.30. The Morgan fingerprint density at radius 3 is 2.44 bits per heavy atom. The molecule has 4 aliphatic rings. The van der Waals surface area contributed by atoms with Crippen LogP contribution in [-0.4, -0.2) is 54.4 Å². The Morgan fingerprint density at radius 2 is 1.69 bits per heavy atom. The van der Waals surface area contributed by atoms with Gasteiger partial charge in [-0.05, 0) is 98.2 Å². The van der Waals surface area contributed by atoms with Crippen LogP contribution < -0.4 is 9.47 Å². The molecule has 1 saturated heterocycles. The SMILES string of the molecule is COc1ccc(CN2C[C@@]3(CC[C@H]4c5ccc(cc5C(=O)c5ccc(-c6ccccc6)cc5)C[C@H](O)CCC(C)=CCC[C@@]43C)OC2=O)c(OC)c1. The second kappa shape index (κ2) is 14.6. The molecule has 7 nitrogen and oxygen atoms in total. The summed E-state index contributed by atoms with van der Waals surface area (Å²) in [6.45, 7) is 5.21. The number of allylic oxidation sites excluding steroid dienone is 2. The largest absolute Gasteiger partial charge is 0.497 e. The molecule has 0 radical (unpaired) electrons. The van der Waals surface area contributed by atoms with E-state index >= 15 is 0 Å². The van der Waals surface area contributed by atoms with Gasteiger partial charge < -0.3 is 19.3 Å². The topological polar surface area (TPSA) is 85.3 Å². The second-order valence-electron chi connectivity index (χ2n) is 15.1. The van der Waals surface area contributed by atoms with Crippen LogP contribution in [0.15, 0.2) is 103 Å². The number of amides is 1. The molecular formula is C45H49NO6. The number of fused-ring (bicyclic) bond motifs is 8. The average Bonchev–Trinajstić information content (AvgIpc) is 3.63. The number of nitrogens with zero attached hydrogens (tertiary/aromatic N) is 1. The normalized spacial score (nSPS) is 24.6. The van der Waals surface area contributed by atoms with Crippen molar-refractivity contribution in [3.8, 4) is 22.6 Å². The number of aliphatic hydroxyl groups excluding tert-OH is 1. The van der Waals surface area contributed by atoms with E-state index in [9.17, 15) is 14.7 Å². The summed E-state index contributed by atoms with van der Waals surface area (Å²) in [5.74, 6) is 1.28. The van der Waals surface area contributed by atoms with Crippen LogP contribution >= 0.6 is 0 Å². The number of benzene rings is 4. The highest BCUT2D eigenvalue weighted by molar-refractivity contribution is 6.10. The van der Waals surface area contributed by atoms with Gasteiger partial charge in [-0.1, -0.05) is 85.3 Å². The van der Waals surface area contributed by atoms with Crippen LogP contribution in [0.1, 0.15) is 90.9 Å². The van der Waals surface area contributed by atoms with E-state index in [4.69, 9.17) is 14.2 Å². The van der Waals surface area contributed by atoms with Gasteiger partial charge in [-0.25, -0.2) is 4.79 Å². The minimum Gasteiger partial charge on any atom is -0.497 e. The van der Waals surface area contributed by atoms with E-state index < -0.39 is 17.1 Å². The Morgan fingerprint density at radius 1 is 0.923 bits per heavy atom. The molecule has 7 heteroatoms. The van der Waals surface area contributed by atoms with Crippen molar-refractivity contribution in [3.63, 3.8) is 0 Å². The fourth-order valence-corrected chi connectivity index (χ4v) is 8.89. The number of carbonyl (C=O) groups excluding carboxylic acids is 2. The van der Waals surface area contributed by atoms with Gasteiger partial charge in [-0.15, -0.1) is 0 Å². The highest BCUT2D eigenvalue weighted by atomic mass is 16.6. The number of hydrogen-bond donors (Lipinski definition) is 1. The van der Waals surface area contributed by atoms with E-state index in [1.165, 1.54) is 5.57 Å². The molecule has 0 aromatic heterocycles. The van der Waals surface area contributed by atoms with E-state index in [-0.39, 0.29) is 17.8 Å². The molecule has 1 N–H and O–H groups in total. The molecule has 2 fully saturated rings. The average molecular weight is 700 g/mol. The zero-order chi connectivity index (χ0) is 36.5. The van der Waals surface area contributed by atoms with Gasteiger partial charge in [0.15, 0.2) is 5.78 Å². The van der Waals surface area contributed by atoms with Crippen molar-refractivity contribution in [1.29, 1.82) is 0 Å². The molecule has 4 aromatic rings. The Bertz CT molecular complexity index is 1970. The summed E-state index contributed by atoms with van der Waals surface area (Å²) >= 11 is 0. The van der Waals surface area contributed by atoms with Gasteiger partial charge >= 0.3 is 6.09 Å². The first kappa shape index (κ1) is 35.5. The lowest BCUT2D eigenvalue weighted by Crippen LogP contribution is -2.48. The molecule has 2 bridgehead atoms. The molecule has 0 unspecified atom stereocenters. The van der Waals surface area contributed by atoms with Crippen LogP contribution in [0.25, 0.3) is 11.1 Å². The molecule has 1 aliphatic heterocycles. The first-order valence-electron chi connectivity index (χ1n) is 18.5. The minimum atomic E-state index is -0.736. The number of ketones is 1. The lowest BCUT2D eigenvalue weighted by Gasteiger charge is -2.43. The summed E-state index contributed by atoms with van der Waals surface area (Å²) < 4.78 is 17.6. The number of aliphatic hydroxyl groups is 1. The van der Waals surface area contributed by atoms with E-state index in [1.54, 1.807) is 19.1 Å². The monoisotopic (exact) mass is 699 g/mol. The lowest BCUT2D eigenvalue weighted by molar-refractivity contribution is -0.0373. The van der Waals surface area contributed by atoms with Gasteiger partial charge in [0.2, 0.25) is 0 Å². The van der Waals surface area contributed by atoms with Crippen molar-refractivity contribution in [2.75, 3.05) is 20.8 Å². The first-order valence-corrected chi connectivity index (χ1v) is 18.5. The molecule has 270 valence electrons. The van der Waals surface area contributed by atoms with Crippen LogP contribution in [-0.2, 0) is 17.7 Å². The van der Waals surface area contributed by atoms with E-state index in [1.807, 2.05) is 66.7 Å². The van der Waals surface area contributed by atoms with Gasteiger partial charge in [0.25, 0.3) is 0 Å². The number of carbonyl (C=O) groups is 2. The molecule has 1 saturated carbocycles. The molecule has 3 aliphatic carbocycles. The van der Waals surface area contributed by atoms with Crippen LogP contribution in [0.5, 0.6) is 11.5 Å². The maximum absolute atomic E-state index is 14.6. The third-order valence-electron chi connectivity index (χ3n) is 12.0. The quantitative estimate of drug-likeness (QED) is 0.153. The van der Waals surface area contributed by atoms with Gasteiger partial charge in [0.1, 0.15) is 17.1 Å². The van der Waals surface area contributed by atoms with Gasteiger partial charge in [-0.3, -0.25) is 9.69 Å². The Hall–Kier alpha value is -4.88. The van der Waals surface area contributed by atoms with Crippen LogP contribution in [0.3, 0.4) is 0 Å². The molecule has 1 spiro atoms. The Balaban J connectivity index is 1.26. The minimum absolute atomic E-state index is 0.0334. The van der Waals surface area contributed by atoms with Crippen molar-refractivity contribution >= 4 is 11.9 Å². The smallest absolute Gasteiger partial charge is 0.410 e. The molecule has 1 heterocycles. The van der Waals surface area contributed by atoms with E-state index in [2.05, 4.69) is 44.2 Å². The zero-order valence-corrected chi connectivity index (χ0v) is 30.7. The Labute approximate surface area is 307 Å². The molecule has 52 heavy (non-hydrogen) atoms. The van der Waals surface area contributed by atoms with Crippen molar-refractivity contribution in [2.45, 2.75) is 83.0 Å². The third-order valence-corrected chi connectivity index (χ3v) is 12.0. The summed E-state index contributed by atoms with van der Waals surface area (Å²) in [5.41, 5.74) is 6.31. The fourth-order valence-electron chi connectivity index (χ4n) is 8.89. The highest BCUT2D eigenvalue weighted by Gasteiger charge is 2.64. The predicted molar refractivity (Wildman–Crippen MR) is 203 cm³/mol. The van der Waals surface area contributed by atoms with Crippen LogP contribution in [0.2, 0.25) is 0 Å². The molecule has 1 amide bonds. The highest BCUT2D eigenvalue weighted by Crippen LogP contribution is 2.62. The third kappa shape index (κ3) is 6.74. The van der Waals surface area contributed by atoms with Crippen LogP contribution in [0, 0.1) is 5.41 Å². The number of hydrogen-bond acceptors (Lipinski definition) is 6. The zero-order valence-electron chi connectivity index (χ0n) is 30.7. The maximum atomic E-state index is 14.6. The van der Waals surface area contributed by atoms with E-state index in [0.29, 0.717) is 55.0 Å². The summed E-state index contributed by atoms with van der Waals surface area (Å²) in [7, 11) is 3.24. The lowest BCUT2D eigenvalue weighted by atomic mass is 9.64. The fraction of sp³-hybridized carbons (Fsp3) is 0.378. The first-order chi connectivity index (χ1) is 25.1. The summed E-state index contributed by atoms with van der Waals surface area (Å²) in [6.07, 6.45) is 6.45. The molecule has 8 rings (SSSR count). The van der Waals surface area contributed by atoms with Gasteiger partial charge in [-0.2, -0.15) is 0 Å². The van der Waals surface area contributed by atoms with Crippen molar-refractivity contribution < 1.29 is 28.9 Å². The van der Waals surface area contributed by atoms with E-state index in [0.717, 1.165) is 53.5 Å². The standard InChI is InChI=1S/C45H49NO6/c1-30-9-8-23-44(2)40(22-24-45(44)29-46(43(49)52-45)28-35-18-20-37(50-3)27-41(35)51-4)38-21-13-31(25-36(47)19-12-30)26-39(38)42(48)34-16-14-33(15-17-34)32-10-6-5-7-11-32/h5-7,9-11,13-18,20-21,26-27,36,40,47H,8,12,19,22-25,28-29H2,1-4H3/t36-,40+,44+,45-/m1/s1. The summed E-state index contributed by atoms with van der Waals surface area (Å²) in [5, 5.41) is 11.0. The maximum Gasteiger partial charge on any atom is 0.410 e. The summed E-state index contributed by atoms with van der Waals surface area (Å²) in [6, 6.07) is 29.9. The van der Waals surface area contributed by atoms with Gasteiger partial charge in [0, 0.05) is 28.2 Å². The number of rotatable bonds is 7. The van der Waals surface area contributed by atoms with Gasteiger partial charge in [0.05, 0.1) is 33.4 Å². The molecular weight excluding hydrogens is 650 g/mol. The van der Waals surface area contributed by atoms with Crippen molar-refractivity contribution in [3.05, 3.63) is 130 Å². The molecule has 4 aromatic carbocycles. The summed E-state index contributed by atoms with van der Waals surface area (Å²) in [4.78, 5) is 30.2. The number of ether oxygens (including phenoxy) is 3. The van der Waals surface area contributed by atoms with Crippen molar-refractivity contribution in [1.82, 2.24) is 4.90 Å².